The summed E-state index contributed by atoms with van der Waals surface area (Å²) in [5.74, 6) is 0. The molecule has 17 heavy (non-hydrogen) atoms. The first-order chi connectivity index (χ1) is 7.86. The smallest absolute Gasteiger partial charge is 0.411 e. The van der Waals surface area contributed by atoms with Crippen molar-refractivity contribution in [2.24, 2.45) is 0 Å². The van der Waals surface area contributed by atoms with Crippen LogP contribution in [0, 0.1) is 0 Å². The Balaban J connectivity index is 3.10. The van der Waals surface area contributed by atoms with E-state index in [2.05, 4.69) is 15.5 Å². The molecule has 0 aliphatic carbocycles. The number of anilines is 2. The average molecular weight is 238 g/mol. The molecular formula is C12H18N2O3. The van der Waals surface area contributed by atoms with E-state index in [1.165, 1.54) is 7.11 Å². The zero-order valence-corrected chi connectivity index (χ0v) is 10.5. The van der Waals surface area contributed by atoms with Crippen LogP contribution in [0.5, 0.6) is 0 Å². The number of carbonyl (C=O) groups excluding carboxylic acids is 1. The molecule has 0 aliphatic heterocycles. The lowest BCUT2D eigenvalue weighted by molar-refractivity contribution is 0.187. The molecule has 0 saturated carbocycles. The molecule has 0 saturated heterocycles. The van der Waals surface area contributed by atoms with Gasteiger partial charge in [0, 0.05) is 5.69 Å². The van der Waals surface area contributed by atoms with E-state index in [0.717, 1.165) is 5.56 Å². The summed E-state index contributed by atoms with van der Waals surface area (Å²) in [4.78, 5) is 11.1. The third kappa shape index (κ3) is 3.64. The van der Waals surface area contributed by atoms with Crippen LogP contribution in [0.1, 0.15) is 26.3 Å². The van der Waals surface area contributed by atoms with Crippen molar-refractivity contribution in [2.45, 2.75) is 26.2 Å². The number of hydrogen-bond acceptors (Lipinski definition) is 4. The summed E-state index contributed by atoms with van der Waals surface area (Å²) in [5, 5.41) is 11.5. The summed E-state index contributed by atoms with van der Waals surface area (Å²) in [6.07, 6.45) is -0.542. The molecule has 0 aromatic heterocycles. The van der Waals surface area contributed by atoms with Crippen LogP contribution in [0.25, 0.3) is 0 Å². The first-order valence-corrected chi connectivity index (χ1v) is 5.27. The number of nitrogens with one attached hydrogen (secondary N) is 2. The van der Waals surface area contributed by atoms with Crippen molar-refractivity contribution in [1.82, 2.24) is 0 Å². The van der Waals surface area contributed by atoms with Crippen LogP contribution in [0.4, 0.5) is 16.2 Å². The fraction of sp³-hybridized carbons (Fsp3) is 0.417. The van der Waals surface area contributed by atoms with E-state index in [9.17, 15) is 4.79 Å². The molecule has 1 rings (SSSR count). The number of benzene rings is 1. The molecule has 5 nitrogen and oxygen atoms in total. The van der Waals surface area contributed by atoms with E-state index >= 15 is 0 Å². The molecule has 0 unspecified atom stereocenters. The van der Waals surface area contributed by atoms with Crippen LogP contribution in [0.3, 0.4) is 0 Å². The molecule has 3 N–H and O–H groups in total. The van der Waals surface area contributed by atoms with E-state index < -0.39 is 6.09 Å². The van der Waals surface area contributed by atoms with Gasteiger partial charge < -0.3 is 4.74 Å². The highest BCUT2D eigenvalue weighted by molar-refractivity contribution is 5.85. The number of amides is 1. The summed E-state index contributed by atoms with van der Waals surface area (Å²) in [6, 6.07) is 5.28. The van der Waals surface area contributed by atoms with Gasteiger partial charge in [-0.25, -0.2) is 4.79 Å². The Morgan fingerprint density at radius 2 is 1.82 bits per heavy atom. The number of hydrogen-bond donors (Lipinski definition) is 3. The Hall–Kier alpha value is -1.75. The Labute approximate surface area is 101 Å². The van der Waals surface area contributed by atoms with Crippen molar-refractivity contribution in [3.05, 3.63) is 23.8 Å². The molecule has 0 radical (unpaired) electrons. The van der Waals surface area contributed by atoms with E-state index in [-0.39, 0.29) is 5.41 Å². The molecule has 0 atom stereocenters. The first-order valence-electron chi connectivity index (χ1n) is 5.27. The highest BCUT2D eigenvalue weighted by Crippen LogP contribution is 2.28. The minimum atomic E-state index is -0.542. The van der Waals surface area contributed by atoms with E-state index in [4.69, 9.17) is 5.21 Å². The van der Waals surface area contributed by atoms with Crippen LogP contribution >= 0.6 is 0 Å². The molecular weight excluding hydrogens is 220 g/mol. The fourth-order valence-electron chi connectivity index (χ4n) is 1.37. The molecule has 0 aliphatic rings. The van der Waals surface area contributed by atoms with Crippen LogP contribution in [0.15, 0.2) is 18.2 Å². The molecule has 1 aromatic rings. The predicted molar refractivity (Wildman–Crippen MR) is 66.6 cm³/mol. The van der Waals surface area contributed by atoms with Gasteiger partial charge in [-0.3, -0.25) is 16.0 Å². The number of ether oxygens (including phenoxy) is 1. The zero-order valence-electron chi connectivity index (χ0n) is 10.5. The van der Waals surface area contributed by atoms with Crippen molar-refractivity contribution < 1.29 is 14.7 Å². The third-order valence-corrected chi connectivity index (χ3v) is 2.36. The zero-order chi connectivity index (χ0) is 13.1. The lowest BCUT2D eigenvalue weighted by Gasteiger charge is -2.21. The van der Waals surface area contributed by atoms with Crippen molar-refractivity contribution in [1.29, 1.82) is 0 Å². The summed E-state index contributed by atoms with van der Waals surface area (Å²) in [6.45, 7) is 6.14. The fourth-order valence-corrected chi connectivity index (χ4v) is 1.37. The molecule has 0 bridgehead atoms. The van der Waals surface area contributed by atoms with Crippen LogP contribution < -0.4 is 10.8 Å². The summed E-state index contributed by atoms with van der Waals surface area (Å²) in [7, 11) is 1.30. The Kier molecular flexibility index (Phi) is 3.96. The molecule has 94 valence electrons. The van der Waals surface area contributed by atoms with Crippen molar-refractivity contribution in [3.63, 3.8) is 0 Å². The molecule has 0 fully saturated rings. The third-order valence-electron chi connectivity index (χ3n) is 2.36. The number of carbonyl (C=O) groups is 1. The lowest BCUT2D eigenvalue weighted by Crippen LogP contribution is -2.15. The first kappa shape index (κ1) is 13.3. The average Bonchev–Trinajstić information content (AvgIpc) is 2.27. The molecule has 0 spiro atoms. The number of rotatable bonds is 2. The monoisotopic (exact) mass is 238 g/mol. The van der Waals surface area contributed by atoms with E-state index in [0.29, 0.717) is 11.4 Å². The van der Waals surface area contributed by atoms with Crippen molar-refractivity contribution in [3.8, 4) is 0 Å². The number of methoxy groups -OCH3 is 1. The minimum Gasteiger partial charge on any atom is -0.453 e. The minimum absolute atomic E-state index is 0.0839. The second kappa shape index (κ2) is 5.05. The van der Waals surface area contributed by atoms with Gasteiger partial charge in [0.05, 0.1) is 12.8 Å². The van der Waals surface area contributed by atoms with Crippen LogP contribution in [0.2, 0.25) is 0 Å². The Morgan fingerprint density at radius 3 is 2.29 bits per heavy atom. The lowest BCUT2D eigenvalue weighted by atomic mass is 9.86. The molecule has 1 aromatic carbocycles. The quantitative estimate of drug-likeness (QED) is 0.693. The standard InChI is InChI=1S/C12H18N2O3/c1-12(2,3)8-5-9(13-11(15)17-4)7-10(6-8)14-16/h5-7,14,16H,1-4H3,(H,13,15). The summed E-state index contributed by atoms with van der Waals surface area (Å²) >= 11 is 0. The topological polar surface area (TPSA) is 70.6 Å². The summed E-state index contributed by atoms with van der Waals surface area (Å²) in [5.41, 5.74) is 4.07. The molecule has 1 amide bonds. The van der Waals surface area contributed by atoms with Crippen molar-refractivity contribution >= 4 is 17.5 Å². The van der Waals surface area contributed by atoms with Crippen molar-refractivity contribution in [2.75, 3.05) is 17.9 Å². The van der Waals surface area contributed by atoms with Gasteiger partial charge in [0.1, 0.15) is 0 Å². The maximum atomic E-state index is 11.1. The van der Waals surface area contributed by atoms with Gasteiger partial charge in [-0.2, -0.15) is 0 Å². The Morgan fingerprint density at radius 1 is 1.24 bits per heavy atom. The largest absolute Gasteiger partial charge is 0.453 e. The highest BCUT2D eigenvalue weighted by atomic mass is 16.5. The Bertz CT molecular complexity index is 411. The molecule has 5 heteroatoms. The molecule has 0 heterocycles. The summed E-state index contributed by atoms with van der Waals surface area (Å²) < 4.78 is 4.52. The van der Waals surface area contributed by atoms with Crippen LogP contribution in [-0.2, 0) is 10.2 Å². The normalized spacial score (nSPS) is 10.9. The second-order valence-electron chi connectivity index (χ2n) is 4.78. The highest BCUT2D eigenvalue weighted by Gasteiger charge is 2.16. The second-order valence-corrected chi connectivity index (χ2v) is 4.78. The SMILES string of the molecule is COC(=O)Nc1cc(NO)cc(C(C)(C)C)c1. The van der Waals surface area contributed by atoms with Gasteiger partial charge in [0.15, 0.2) is 0 Å². The van der Waals surface area contributed by atoms with Gasteiger partial charge in [0.2, 0.25) is 0 Å². The van der Waals surface area contributed by atoms with Gasteiger partial charge in [-0.1, -0.05) is 20.8 Å². The van der Waals surface area contributed by atoms with Crippen LogP contribution in [-0.4, -0.2) is 18.4 Å². The van der Waals surface area contributed by atoms with E-state index in [1.54, 1.807) is 6.07 Å². The van der Waals surface area contributed by atoms with Gasteiger partial charge >= 0.3 is 6.09 Å². The van der Waals surface area contributed by atoms with Gasteiger partial charge in [-0.05, 0) is 29.2 Å². The maximum Gasteiger partial charge on any atom is 0.411 e. The van der Waals surface area contributed by atoms with Gasteiger partial charge in [0.25, 0.3) is 0 Å². The van der Waals surface area contributed by atoms with Gasteiger partial charge in [-0.15, -0.1) is 0 Å². The maximum absolute atomic E-state index is 11.1. The predicted octanol–water partition coefficient (Wildman–Crippen LogP) is 2.96. The van der Waals surface area contributed by atoms with E-state index in [1.807, 2.05) is 32.9 Å².